The lowest BCUT2D eigenvalue weighted by Gasteiger charge is -2.26. The van der Waals surface area contributed by atoms with Crippen LogP contribution in [0.15, 0.2) is 24.3 Å². The molecule has 80 valence electrons. The number of ether oxygens (including phenoxy) is 2. The lowest BCUT2D eigenvalue weighted by atomic mass is 9.97. The van der Waals surface area contributed by atoms with Crippen molar-refractivity contribution in [2.24, 2.45) is 0 Å². The highest BCUT2D eigenvalue weighted by molar-refractivity contribution is 8.10. The molecule has 4 heteroatoms. The van der Waals surface area contributed by atoms with Gasteiger partial charge in [0, 0.05) is 5.92 Å². The third-order valence-corrected chi connectivity index (χ3v) is 2.70. The van der Waals surface area contributed by atoms with Crippen LogP contribution in [0.25, 0.3) is 0 Å². The van der Waals surface area contributed by atoms with Gasteiger partial charge in [0.2, 0.25) is 4.38 Å². The van der Waals surface area contributed by atoms with E-state index in [9.17, 15) is 0 Å². The summed E-state index contributed by atoms with van der Waals surface area (Å²) in [5, 5.41) is 0. The summed E-state index contributed by atoms with van der Waals surface area (Å²) in [4.78, 5) is 0. The summed E-state index contributed by atoms with van der Waals surface area (Å²) >= 11 is 8.61. The van der Waals surface area contributed by atoms with Crippen molar-refractivity contribution in [1.82, 2.24) is 0 Å². The number of rotatable bonds is 3. The van der Waals surface area contributed by atoms with Crippen LogP contribution in [0.2, 0.25) is 0 Å². The molecular formula is C11H12O2S2. The Morgan fingerprint density at radius 2 is 2.07 bits per heavy atom. The van der Waals surface area contributed by atoms with Crippen molar-refractivity contribution in [1.29, 1.82) is 0 Å². The Hall–Kier alpha value is -0.580. The number of benzene rings is 1. The third kappa shape index (κ3) is 2.93. The molecule has 0 radical (unpaired) electrons. The first-order valence-electron chi connectivity index (χ1n) is 4.78. The molecule has 1 fully saturated rings. The first kappa shape index (κ1) is 10.9. The number of hydrogen-bond acceptors (Lipinski definition) is 3. The van der Waals surface area contributed by atoms with Crippen molar-refractivity contribution in [2.75, 3.05) is 13.2 Å². The van der Waals surface area contributed by atoms with E-state index in [1.54, 1.807) is 0 Å². The maximum Gasteiger partial charge on any atom is 0.217 e. The lowest BCUT2D eigenvalue weighted by Crippen LogP contribution is -2.24. The van der Waals surface area contributed by atoms with Crippen molar-refractivity contribution in [3.8, 4) is 0 Å². The van der Waals surface area contributed by atoms with E-state index in [0.29, 0.717) is 12.5 Å². The summed E-state index contributed by atoms with van der Waals surface area (Å²) in [5.41, 5.74) is 2.44. The van der Waals surface area contributed by atoms with Crippen molar-refractivity contribution in [3.05, 3.63) is 35.4 Å². The standard InChI is InChI=1S/C11H12O2S2/c14-11(15)13-5-8-1-3-9(4-2-8)10-6-12-7-10/h1-4,10H,5-7H2,(H,14,15). The van der Waals surface area contributed by atoms with Crippen molar-refractivity contribution in [3.63, 3.8) is 0 Å². The molecule has 0 aromatic heterocycles. The highest BCUT2D eigenvalue weighted by atomic mass is 32.1. The smallest absolute Gasteiger partial charge is 0.217 e. The molecular weight excluding hydrogens is 228 g/mol. The fourth-order valence-electron chi connectivity index (χ4n) is 1.46. The second kappa shape index (κ2) is 4.96. The van der Waals surface area contributed by atoms with Gasteiger partial charge in [-0.3, -0.25) is 0 Å². The van der Waals surface area contributed by atoms with Gasteiger partial charge < -0.3 is 9.47 Å². The highest BCUT2D eigenvalue weighted by Crippen LogP contribution is 2.24. The van der Waals surface area contributed by atoms with Gasteiger partial charge in [-0.1, -0.05) is 36.9 Å². The Morgan fingerprint density at radius 1 is 1.40 bits per heavy atom. The molecule has 0 unspecified atom stereocenters. The van der Waals surface area contributed by atoms with Crippen LogP contribution in [0.4, 0.5) is 0 Å². The van der Waals surface area contributed by atoms with E-state index >= 15 is 0 Å². The van der Waals surface area contributed by atoms with E-state index in [0.717, 1.165) is 18.8 Å². The fraction of sp³-hybridized carbons (Fsp3) is 0.364. The van der Waals surface area contributed by atoms with E-state index in [1.807, 2.05) is 0 Å². The predicted octanol–water partition coefficient (Wildman–Crippen LogP) is 2.53. The van der Waals surface area contributed by atoms with E-state index < -0.39 is 0 Å². The van der Waals surface area contributed by atoms with E-state index in [4.69, 9.17) is 21.7 Å². The molecule has 2 rings (SSSR count). The minimum Gasteiger partial charge on any atom is -0.474 e. The van der Waals surface area contributed by atoms with Gasteiger partial charge in [-0.15, -0.1) is 0 Å². The van der Waals surface area contributed by atoms with Crippen LogP contribution in [0, 0.1) is 0 Å². The normalized spacial score (nSPS) is 15.8. The van der Waals surface area contributed by atoms with Gasteiger partial charge in [-0.05, 0) is 23.3 Å². The van der Waals surface area contributed by atoms with Crippen LogP contribution in [-0.4, -0.2) is 17.6 Å². The zero-order chi connectivity index (χ0) is 10.7. The van der Waals surface area contributed by atoms with Crippen LogP contribution in [0.3, 0.4) is 0 Å². The monoisotopic (exact) mass is 240 g/mol. The van der Waals surface area contributed by atoms with E-state index in [-0.39, 0.29) is 4.38 Å². The quantitative estimate of drug-likeness (QED) is 0.647. The van der Waals surface area contributed by atoms with Gasteiger partial charge in [-0.25, -0.2) is 0 Å². The largest absolute Gasteiger partial charge is 0.474 e. The molecule has 1 aliphatic rings. The molecule has 15 heavy (non-hydrogen) atoms. The average Bonchev–Trinajstić information content (AvgIpc) is 2.14. The molecule has 0 bridgehead atoms. The lowest BCUT2D eigenvalue weighted by molar-refractivity contribution is 0.00841. The van der Waals surface area contributed by atoms with Gasteiger partial charge in [0.1, 0.15) is 6.61 Å². The zero-order valence-electron chi connectivity index (χ0n) is 8.18. The topological polar surface area (TPSA) is 18.5 Å². The zero-order valence-corrected chi connectivity index (χ0v) is 9.89. The van der Waals surface area contributed by atoms with Gasteiger partial charge in [-0.2, -0.15) is 0 Å². The Morgan fingerprint density at radius 3 is 2.53 bits per heavy atom. The Kier molecular flexibility index (Phi) is 3.61. The number of thiocarbonyl (C=S) groups is 1. The van der Waals surface area contributed by atoms with E-state index in [2.05, 4.69) is 36.9 Å². The second-order valence-corrected chi connectivity index (χ2v) is 4.61. The molecule has 0 atom stereocenters. The second-order valence-electron chi connectivity index (χ2n) is 3.53. The minimum absolute atomic E-state index is 0.284. The van der Waals surface area contributed by atoms with Gasteiger partial charge in [0.25, 0.3) is 0 Å². The first-order chi connectivity index (χ1) is 7.25. The van der Waals surface area contributed by atoms with Crippen LogP contribution in [0.1, 0.15) is 17.0 Å². The van der Waals surface area contributed by atoms with Gasteiger partial charge >= 0.3 is 0 Å². The Balaban J connectivity index is 1.94. The predicted molar refractivity (Wildman–Crippen MR) is 66.4 cm³/mol. The fourth-order valence-corrected chi connectivity index (χ4v) is 1.58. The molecule has 0 saturated carbocycles. The van der Waals surface area contributed by atoms with Gasteiger partial charge in [0.05, 0.1) is 13.2 Å². The van der Waals surface area contributed by atoms with Crippen LogP contribution >= 0.6 is 24.8 Å². The molecule has 1 heterocycles. The Labute approximate surface area is 100.0 Å². The molecule has 0 amide bonds. The highest BCUT2D eigenvalue weighted by Gasteiger charge is 2.19. The first-order valence-corrected chi connectivity index (χ1v) is 5.63. The summed E-state index contributed by atoms with van der Waals surface area (Å²) < 4.78 is 10.6. The number of thiol groups is 1. The van der Waals surface area contributed by atoms with Crippen LogP contribution in [0.5, 0.6) is 0 Å². The third-order valence-electron chi connectivity index (χ3n) is 2.45. The van der Waals surface area contributed by atoms with Crippen molar-refractivity contribution < 1.29 is 9.47 Å². The molecule has 1 aromatic rings. The van der Waals surface area contributed by atoms with Crippen LogP contribution < -0.4 is 0 Å². The average molecular weight is 240 g/mol. The van der Waals surface area contributed by atoms with Crippen molar-refractivity contribution in [2.45, 2.75) is 12.5 Å². The summed E-state index contributed by atoms with van der Waals surface area (Å²) in [6, 6.07) is 8.35. The maximum atomic E-state index is 5.15. The van der Waals surface area contributed by atoms with Gasteiger partial charge in [0.15, 0.2) is 0 Å². The molecule has 1 saturated heterocycles. The molecule has 1 aliphatic heterocycles. The van der Waals surface area contributed by atoms with Crippen molar-refractivity contribution >= 4 is 29.2 Å². The summed E-state index contributed by atoms with van der Waals surface area (Å²) in [6.07, 6.45) is 0. The maximum absolute atomic E-state index is 5.15. The molecule has 0 N–H and O–H groups in total. The summed E-state index contributed by atoms with van der Waals surface area (Å²) in [6.45, 7) is 2.18. The molecule has 0 aliphatic carbocycles. The number of hydrogen-bond donors (Lipinski definition) is 1. The molecule has 0 spiro atoms. The summed E-state index contributed by atoms with van der Waals surface area (Å²) in [7, 11) is 0. The van der Waals surface area contributed by atoms with E-state index in [1.165, 1.54) is 5.56 Å². The van der Waals surface area contributed by atoms with Crippen LogP contribution in [-0.2, 0) is 16.1 Å². The summed E-state index contributed by atoms with van der Waals surface area (Å²) in [5.74, 6) is 0.575. The Bertz CT molecular complexity index is 344. The molecule has 1 aromatic carbocycles. The minimum atomic E-state index is 0.284. The molecule has 2 nitrogen and oxygen atoms in total. The SMILES string of the molecule is S=C(S)OCc1ccc(C2COC2)cc1.